The van der Waals surface area contributed by atoms with Crippen LogP contribution in [0.25, 0.3) is 33.5 Å². The lowest BCUT2D eigenvalue weighted by Gasteiger charge is -2.12. The zero-order valence-corrected chi connectivity index (χ0v) is 19.5. The number of nitrogens with one attached hydrogen (secondary N) is 1. The number of methoxy groups -OCH3 is 3. The maximum absolute atomic E-state index is 12.6. The molecule has 0 atom stereocenters. The highest BCUT2D eigenvalue weighted by Gasteiger charge is 2.15. The number of hydrogen-bond acceptors (Lipinski definition) is 6. The van der Waals surface area contributed by atoms with E-state index < -0.39 is 0 Å². The summed E-state index contributed by atoms with van der Waals surface area (Å²) in [5, 5.41) is 2.91. The molecular weight excluding hydrogens is 430 g/mol. The monoisotopic (exact) mass is 457 g/mol. The average molecular weight is 458 g/mol. The van der Waals surface area contributed by atoms with Gasteiger partial charge in [0.1, 0.15) is 11.5 Å². The number of carbonyl (C=O) groups excluding carboxylic acids is 1. The maximum Gasteiger partial charge on any atom is 0.251 e. The lowest BCUT2D eigenvalue weighted by atomic mass is 10.0. The molecule has 0 saturated carbocycles. The number of fused-ring (bicyclic) bond motifs is 1. The van der Waals surface area contributed by atoms with Crippen LogP contribution in [-0.4, -0.2) is 50.4 Å². The molecule has 0 spiro atoms. The molecule has 0 aliphatic carbocycles. The Kier molecular flexibility index (Phi) is 7.34. The first-order valence-corrected chi connectivity index (χ1v) is 11.0. The molecular formula is C27H27N3O4. The molecule has 3 aromatic carbocycles. The highest BCUT2D eigenvalue weighted by Crippen LogP contribution is 2.33. The predicted molar refractivity (Wildman–Crippen MR) is 132 cm³/mol. The van der Waals surface area contributed by atoms with Gasteiger partial charge in [-0.1, -0.05) is 0 Å². The molecule has 4 rings (SSSR count). The van der Waals surface area contributed by atoms with Crippen LogP contribution >= 0.6 is 0 Å². The van der Waals surface area contributed by atoms with Gasteiger partial charge in [-0.3, -0.25) is 4.79 Å². The van der Waals surface area contributed by atoms with Gasteiger partial charge in [0.05, 0.1) is 36.6 Å². The van der Waals surface area contributed by atoms with E-state index in [1.54, 1.807) is 33.5 Å². The topological polar surface area (TPSA) is 82.6 Å². The molecule has 7 heteroatoms. The molecule has 1 amide bonds. The van der Waals surface area contributed by atoms with E-state index in [1.807, 2.05) is 54.6 Å². The number of aromatic nitrogens is 2. The third-order valence-corrected chi connectivity index (χ3v) is 5.46. The molecule has 34 heavy (non-hydrogen) atoms. The summed E-state index contributed by atoms with van der Waals surface area (Å²) in [4.78, 5) is 22.5. The van der Waals surface area contributed by atoms with Gasteiger partial charge in [-0.15, -0.1) is 0 Å². The van der Waals surface area contributed by atoms with Gasteiger partial charge in [0, 0.05) is 37.0 Å². The van der Waals surface area contributed by atoms with Gasteiger partial charge in [0.2, 0.25) is 0 Å². The van der Waals surface area contributed by atoms with E-state index in [0.29, 0.717) is 29.7 Å². The maximum atomic E-state index is 12.6. The fourth-order valence-corrected chi connectivity index (χ4v) is 3.62. The number of benzene rings is 3. The molecule has 174 valence electrons. The molecule has 0 unspecified atom stereocenters. The molecule has 4 aromatic rings. The minimum atomic E-state index is -0.148. The van der Waals surface area contributed by atoms with Gasteiger partial charge in [0.25, 0.3) is 5.91 Å². The van der Waals surface area contributed by atoms with E-state index in [1.165, 1.54) is 0 Å². The average Bonchev–Trinajstić information content (AvgIpc) is 2.90. The van der Waals surface area contributed by atoms with Crippen molar-refractivity contribution in [3.63, 3.8) is 0 Å². The van der Waals surface area contributed by atoms with E-state index in [2.05, 4.69) is 5.32 Å². The standard InChI is InChI=1S/C27H27N3O4/c1-32-16-4-15-28-27(31)20-9-14-23-24(17-20)30-26(19-7-12-22(34-3)13-8-19)25(29-23)18-5-10-21(33-2)11-6-18/h5-14,17H,4,15-16H2,1-3H3,(H,28,31). The van der Waals surface area contributed by atoms with Crippen molar-refractivity contribution in [2.45, 2.75) is 6.42 Å². The van der Waals surface area contributed by atoms with Gasteiger partial charge in [-0.05, 0) is 73.2 Å². The van der Waals surface area contributed by atoms with Crippen LogP contribution in [0.5, 0.6) is 11.5 Å². The second-order valence-corrected chi connectivity index (χ2v) is 7.68. The second kappa shape index (κ2) is 10.8. The summed E-state index contributed by atoms with van der Waals surface area (Å²) in [7, 11) is 4.92. The van der Waals surface area contributed by atoms with Crippen LogP contribution in [0.15, 0.2) is 66.7 Å². The van der Waals surface area contributed by atoms with Crippen LogP contribution in [0.4, 0.5) is 0 Å². The third-order valence-electron chi connectivity index (χ3n) is 5.46. The summed E-state index contributed by atoms with van der Waals surface area (Å²) in [5.41, 5.74) is 5.18. The molecule has 0 bridgehead atoms. The van der Waals surface area contributed by atoms with Gasteiger partial charge in [0.15, 0.2) is 0 Å². The largest absolute Gasteiger partial charge is 0.497 e. The minimum Gasteiger partial charge on any atom is -0.497 e. The second-order valence-electron chi connectivity index (χ2n) is 7.68. The van der Waals surface area contributed by atoms with Gasteiger partial charge in [-0.2, -0.15) is 0 Å². The van der Waals surface area contributed by atoms with E-state index in [9.17, 15) is 4.79 Å². The van der Waals surface area contributed by atoms with Crippen LogP contribution in [0, 0.1) is 0 Å². The van der Waals surface area contributed by atoms with Crippen molar-refractivity contribution in [3.05, 3.63) is 72.3 Å². The fourth-order valence-electron chi connectivity index (χ4n) is 3.62. The number of ether oxygens (including phenoxy) is 3. The van der Waals surface area contributed by atoms with Crippen molar-refractivity contribution in [1.29, 1.82) is 0 Å². The Labute approximate surface area is 198 Å². The predicted octanol–water partition coefficient (Wildman–Crippen LogP) is 4.75. The van der Waals surface area contributed by atoms with Crippen LogP contribution < -0.4 is 14.8 Å². The lowest BCUT2D eigenvalue weighted by Crippen LogP contribution is -2.25. The zero-order valence-electron chi connectivity index (χ0n) is 19.5. The summed E-state index contributed by atoms with van der Waals surface area (Å²) in [6.45, 7) is 1.15. The first-order valence-electron chi connectivity index (χ1n) is 11.0. The summed E-state index contributed by atoms with van der Waals surface area (Å²) in [6, 6.07) is 20.8. The highest BCUT2D eigenvalue weighted by atomic mass is 16.5. The Balaban J connectivity index is 1.77. The third kappa shape index (κ3) is 5.15. The first kappa shape index (κ1) is 23.2. The molecule has 7 nitrogen and oxygen atoms in total. The Morgan fingerprint density at radius 3 is 1.85 bits per heavy atom. The number of hydrogen-bond donors (Lipinski definition) is 1. The zero-order chi connectivity index (χ0) is 23.9. The normalized spacial score (nSPS) is 10.8. The molecule has 0 aliphatic rings. The SMILES string of the molecule is COCCCNC(=O)c1ccc2nc(-c3ccc(OC)cc3)c(-c3ccc(OC)cc3)nc2c1. The van der Waals surface area contributed by atoms with E-state index in [0.717, 1.165) is 40.4 Å². The summed E-state index contributed by atoms with van der Waals surface area (Å²) in [6.07, 6.45) is 0.752. The van der Waals surface area contributed by atoms with E-state index >= 15 is 0 Å². The van der Waals surface area contributed by atoms with Crippen molar-refractivity contribution >= 4 is 16.9 Å². The van der Waals surface area contributed by atoms with Crippen molar-refractivity contribution in [1.82, 2.24) is 15.3 Å². The minimum absolute atomic E-state index is 0.148. The van der Waals surface area contributed by atoms with E-state index in [4.69, 9.17) is 24.2 Å². The molecule has 1 aromatic heterocycles. The van der Waals surface area contributed by atoms with Crippen LogP contribution in [0.3, 0.4) is 0 Å². The molecule has 1 N–H and O–H groups in total. The number of carbonyl (C=O) groups is 1. The van der Waals surface area contributed by atoms with Crippen LogP contribution in [-0.2, 0) is 4.74 Å². The number of rotatable bonds is 9. The van der Waals surface area contributed by atoms with Gasteiger partial charge < -0.3 is 19.5 Å². The first-order chi connectivity index (χ1) is 16.6. The Hall–Kier alpha value is -3.97. The lowest BCUT2D eigenvalue weighted by molar-refractivity contribution is 0.0948. The Morgan fingerprint density at radius 1 is 0.765 bits per heavy atom. The van der Waals surface area contributed by atoms with Gasteiger partial charge >= 0.3 is 0 Å². The highest BCUT2D eigenvalue weighted by molar-refractivity contribution is 5.98. The fraction of sp³-hybridized carbons (Fsp3) is 0.222. The summed E-state index contributed by atoms with van der Waals surface area (Å²) < 4.78 is 15.6. The molecule has 0 fully saturated rings. The van der Waals surface area contributed by atoms with Crippen LogP contribution in [0.2, 0.25) is 0 Å². The van der Waals surface area contributed by atoms with Crippen LogP contribution in [0.1, 0.15) is 16.8 Å². The quantitative estimate of drug-likeness (QED) is 0.365. The molecule has 0 aliphatic heterocycles. The molecule has 0 radical (unpaired) electrons. The van der Waals surface area contributed by atoms with Crippen molar-refractivity contribution < 1.29 is 19.0 Å². The molecule has 0 saturated heterocycles. The molecule has 1 heterocycles. The van der Waals surface area contributed by atoms with E-state index in [-0.39, 0.29) is 5.91 Å². The number of amides is 1. The number of nitrogens with zero attached hydrogens (tertiary/aromatic N) is 2. The van der Waals surface area contributed by atoms with Crippen molar-refractivity contribution in [2.75, 3.05) is 34.5 Å². The van der Waals surface area contributed by atoms with Crippen molar-refractivity contribution in [3.8, 4) is 34.0 Å². The smallest absolute Gasteiger partial charge is 0.251 e. The Morgan fingerprint density at radius 2 is 1.32 bits per heavy atom. The summed E-state index contributed by atoms with van der Waals surface area (Å²) in [5.74, 6) is 1.38. The van der Waals surface area contributed by atoms with Crippen molar-refractivity contribution in [2.24, 2.45) is 0 Å². The summed E-state index contributed by atoms with van der Waals surface area (Å²) >= 11 is 0. The Bertz CT molecular complexity index is 1270. The van der Waals surface area contributed by atoms with Gasteiger partial charge in [-0.25, -0.2) is 9.97 Å².